The van der Waals surface area contributed by atoms with Gasteiger partial charge >= 0.3 is 0 Å². The first-order chi connectivity index (χ1) is 8.42. The second-order valence-electron chi connectivity index (χ2n) is 5.75. The molecule has 4 aliphatic carbocycles. The number of hydrogen-bond donors (Lipinski definition) is 0. The van der Waals surface area contributed by atoms with Crippen molar-refractivity contribution < 1.29 is 4.74 Å². The number of allylic oxidation sites excluding steroid dienone is 2. The molecule has 0 heterocycles. The van der Waals surface area contributed by atoms with Crippen molar-refractivity contribution in [1.29, 1.82) is 0 Å². The summed E-state index contributed by atoms with van der Waals surface area (Å²) in [6.07, 6.45) is 9.37. The molecule has 88 valence electrons. The molecule has 1 nitrogen and oxygen atoms in total. The molecule has 0 amide bonds. The molecule has 17 heavy (non-hydrogen) atoms. The highest BCUT2D eigenvalue weighted by atomic mass is 16.5. The number of rotatable bonds is 2. The quantitative estimate of drug-likeness (QED) is 0.699. The van der Waals surface area contributed by atoms with Gasteiger partial charge in [0.2, 0.25) is 0 Å². The summed E-state index contributed by atoms with van der Waals surface area (Å²) in [5.41, 5.74) is 0. The lowest BCUT2D eigenvalue weighted by molar-refractivity contribution is -0.0426. The standard InChI is InChI=1S/C16H18O/c1-2-4-12(5-3-1)17-16-10-11-6-7-15(16)14-9-8-13(11)14/h1-5,8-9,11,13-16H,6-7,10H2/t11-,13-,14+,15+,16+/m0/s1. The Morgan fingerprint density at radius 3 is 2.47 bits per heavy atom. The van der Waals surface area contributed by atoms with E-state index in [0.29, 0.717) is 6.10 Å². The van der Waals surface area contributed by atoms with E-state index in [9.17, 15) is 0 Å². The molecule has 0 unspecified atom stereocenters. The second-order valence-corrected chi connectivity index (χ2v) is 5.75. The van der Waals surface area contributed by atoms with Crippen molar-refractivity contribution in [3.8, 4) is 5.75 Å². The Hall–Kier alpha value is -1.24. The maximum absolute atomic E-state index is 6.21. The molecular formula is C16H18O. The Kier molecular flexibility index (Phi) is 2.08. The third kappa shape index (κ3) is 1.45. The topological polar surface area (TPSA) is 9.23 Å². The van der Waals surface area contributed by atoms with E-state index in [1.165, 1.54) is 19.3 Å². The zero-order valence-electron chi connectivity index (χ0n) is 9.96. The Morgan fingerprint density at radius 2 is 1.76 bits per heavy atom. The number of ether oxygens (including phenoxy) is 1. The Balaban J connectivity index is 1.55. The smallest absolute Gasteiger partial charge is 0.119 e. The van der Waals surface area contributed by atoms with Crippen LogP contribution in [0.5, 0.6) is 5.75 Å². The minimum absolute atomic E-state index is 0.461. The molecule has 0 aliphatic heterocycles. The Labute approximate surface area is 102 Å². The third-order valence-corrected chi connectivity index (χ3v) is 4.95. The molecule has 0 radical (unpaired) electrons. The van der Waals surface area contributed by atoms with Crippen molar-refractivity contribution >= 4 is 0 Å². The van der Waals surface area contributed by atoms with E-state index in [0.717, 1.165) is 29.4 Å². The van der Waals surface area contributed by atoms with E-state index in [2.05, 4.69) is 36.4 Å². The maximum Gasteiger partial charge on any atom is 0.119 e. The van der Waals surface area contributed by atoms with Crippen LogP contribution in [-0.2, 0) is 0 Å². The largest absolute Gasteiger partial charge is 0.490 e. The number of fused-ring (bicyclic) bond motifs is 2. The molecule has 0 N–H and O–H groups in total. The van der Waals surface area contributed by atoms with Crippen molar-refractivity contribution in [3.63, 3.8) is 0 Å². The van der Waals surface area contributed by atoms with Crippen molar-refractivity contribution in [2.45, 2.75) is 25.4 Å². The van der Waals surface area contributed by atoms with E-state index < -0.39 is 0 Å². The van der Waals surface area contributed by atoms with Crippen LogP contribution in [0.3, 0.4) is 0 Å². The molecule has 0 aromatic heterocycles. The summed E-state index contributed by atoms with van der Waals surface area (Å²) in [6.45, 7) is 0. The van der Waals surface area contributed by atoms with Gasteiger partial charge in [0.05, 0.1) is 0 Å². The predicted octanol–water partition coefficient (Wildman–Crippen LogP) is 3.67. The average molecular weight is 226 g/mol. The summed E-state index contributed by atoms with van der Waals surface area (Å²) in [5, 5.41) is 0. The zero-order valence-corrected chi connectivity index (χ0v) is 9.96. The highest BCUT2D eigenvalue weighted by Gasteiger charge is 2.50. The lowest BCUT2D eigenvalue weighted by Crippen LogP contribution is -2.51. The Morgan fingerprint density at radius 1 is 0.941 bits per heavy atom. The van der Waals surface area contributed by atoms with Gasteiger partial charge in [-0.05, 0) is 49.1 Å². The molecule has 2 bridgehead atoms. The fourth-order valence-corrected chi connectivity index (χ4v) is 4.05. The summed E-state index contributed by atoms with van der Waals surface area (Å²) >= 11 is 0. The first kappa shape index (κ1) is 9.76. The van der Waals surface area contributed by atoms with Gasteiger partial charge in [-0.1, -0.05) is 30.4 Å². The summed E-state index contributed by atoms with van der Waals surface area (Å²) < 4.78 is 6.21. The van der Waals surface area contributed by atoms with Gasteiger partial charge in [-0.25, -0.2) is 0 Å². The van der Waals surface area contributed by atoms with Gasteiger partial charge in [0.25, 0.3) is 0 Å². The second kappa shape index (κ2) is 3.63. The van der Waals surface area contributed by atoms with Crippen LogP contribution in [0, 0.1) is 23.7 Å². The molecule has 0 spiro atoms. The molecule has 0 saturated heterocycles. The fraction of sp³-hybridized carbons (Fsp3) is 0.500. The van der Waals surface area contributed by atoms with E-state index in [-0.39, 0.29) is 0 Å². The van der Waals surface area contributed by atoms with Crippen LogP contribution < -0.4 is 4.74 Å². The van der Waals surface area contributed by atoms with E-state index >= 15 is 0 Å². The van der Waals surface area contributed by atoms with Gasteiger partial charge < -0.3 is 4.74 Å². The van der Waals surface area contributed by atoms with Gasteiger partial charge in [0.1, 0.15) is 11.9 Å². The van der Waals surface area contributed by atoms with Crippen molar-refractivity contribution in [2.75, 3.05) is 0 Å². The fourth-order valence-electron chi connectivity index (χ4n) is 4.05. The highest BCUT2D eigenvalue weighted by molar-refractivity contribution is 5.23. The monoisotopic (exact) mass is 226 g/mol. The number of para-hydroxylation sites is 1. The first-order valence-corrected chi connectivity index (χ1v) is 6.82. The van der Waals surface area contributed by atoms with Gasteiger partial charge in [0, 0.05) is 5.92 Å². The van der Waals surface area contributed by atoms with E-state index in [1.807, 2.05) is 6.07 Å². The molecular weight excluding hydrogens is 208 g/mol. The van der Waals surface area contributed by atoms with Crippen LogP contribution in [-0.4, -0.2) is 6.10 Å². The van der Waals surface area contributed by atoms with Crippen LogP contribution in [0.1, 0.15) is 19.3 Å². The van der Waals surface area contributed by atoms with E-state index in [1.54, 1.807) is 0 Å². The normalized spacial score (nSPS) is 41.8. The van der Waals surface area contributed by atoms with Gasteiger partial charge in [-0.2, -0.15) is 0 Å². The molecule has 4 aliphatic rings. The molecule has 5 atom stereocenters. The third-order valence-electron chi connectivity index (χ3n) is 4.95. The summed E-state index contributed by atoms with van der Waals surface area (Å²) in [5.74, 6) is 4.43. The maximum atomic E-state index is 6.21. The molecule has 3 saturated carbocycles. The molecule has 3 fully saturated rings. The lowest BCUT2D eigenvalue weighted by atomic mass is 9.53. The zero-order chi connectivity index (χ0) is 11.2. The van der Waals surface area contributed by atoms with Crippen LogP contribution in [0.2, 0.25) is 0 Å². The molecule has 1 heteroatoms. The van der Waals surface area contributed by atoms with Crippen molar-refractivity contribution in [3.05, 3.63) is 42.5 Å². The van der Waals surface area contributed by atoms with Crippen LogP contribution in [0.15, 0.2) is 42.5 Å². The van der Waals surface area contributed by atoms with Gasteiger partial charge in [0.15, 0.2) is 0 Å². The van der Waals surface area contributed by atoms with Gasteiger partial charge in [-0.15, -0.1) is 0 Å². The Bertz CT molecular complexity index is 436. The SMILES string of the molecule is C1=C[C@H]2[C@H]3CC[C@H]([C@H]12)[C@H](Oc1ccccc1)C3. The first-order valence-electron chi connectivity index (χ1n) is 6.82. The van der Waals surface area contributed by atoms with Crippen LogP contribution in [0.4, 0.5) is 0 Å². The summed E-state index contributed by atoms with van der Waals surface area (Å²) in [7, 11) is 0. The van der Waals surface area contributed by atoms with Crippen LogP contribution in [0.25, 0.3) is 0 Å². The highest BCUT2D eigenvalue weighted by Crippen LogP contribution is 2.54. The minimum Gasteiger partial charge on any atom is -0.490 e. The molecule has 1 aromatic carbocycles. The predicted molar refractivity (Wildman–Crippen MR) is 67.8 cm³/mol. The number of hydrogen-bond acceptors (Lipinski definition) is 1. The van der Waals surface area contributed by atoms with Crippen molar-refractivity contribution in [1.82, 2.24) is 0 Å². The van der Waals surface area contributed by atoms with E-state index in [4.69, 9.17) is 4.74 Å². The summed E-state index contributed by atoms with van der Waals surface area (Å²) in [6, 6.07) is 10.3. The number of benzene rings is 1. The lowest BCUT2D eigenvalue weighted by Gasteiger charge is -2.54. The molecule has 1 aromatic rings. The van der Waals surface area contributed by atoms with Crippen molar-refractivity contribution in [2.24, 2.45) is 23.7 Å². The van der Waals surface area contributed by atoms with Crippen LogP contribution >= 0.6 is 0 Å². The average Bonchev–Trinajstić information content (AvgIpc) is 2.31. The summed E-state index contributed by atoms with van der Waals surface area (Å²) in [4.78, 5) is 0. The van der Waals surface area contributed by atoms with Gasteiger partial charge in [-0.3, -0.25) is 0 Å². The minimum atomic E-state index is 0.461. The molecule has 5 rings (SSSR count).